The molecule has 136 valence electrons. The molecule has 0 saturated heterocycles. The third-order valence-corrected chi connectivity index (χ3v) is 6.60. The van der Waals surface area contributed by atoms with E-state index < -0.39 is 0 Å². The second-order valence-electron chi connectivity index (χ2n) is 7.83. The van der Waals surface area contributed by atoms with Gasteiger partial charge in [0, 0.05) is 11.8 Å². The highest BCUT2D eigenvalue weighted by atomic mass is 16.2. The standard InChI is InChI=1S/C21H15N5O2/c27-20-24(11-6-2-1-3-7-11)21(28)26-19-12-10-15(25(20)26)16(19)18-17(12)22-13-8-4-5-9-14(13)23-18/h1-9,12,15-16,19H,10H2/t12-,15+,16+,19?/m0/s1. The van der Waals surface area contributed by atoms with Crippen LogP contribution in [0.4, 0.5) is 0 Å². The minimum Gasteiger partial charge on any atom is -0.249 e. The Morgan fingerprint density at radius 1 is 0.786 bits per heavy atom. The lowest BCUT2D eigenvalue weighted by atomic mass is 9.95. The molecule has 1 aliphatic heterocycles. The van der Waals surface area contributed by atoms with Crippen molar-refractivity contribution in [3.05, 3.63) is 87.0 Å². The molecule has 0 spiro atoms. The first kappa shape index (κ1) is 14.6. The van der Waals surface area contributed by atoms with Crippen molar-refractivity contribution in [2.45, 2.75) is 30.3 Å². The van der Waals surface area contributed by atoms with Crippen molar-refractivity contribution < 1.29 is 0 Å². The molecule has 0 N–H and O–H groups in total. The normalized spacial score (nSPS) is 26.0. The molecule has 2 aromatic carbocycles. The van der Waals surface area contributed by atoms with Crippen molar-refractivity contribution >= 4 is 11.0 Å². The van der Waals surface area contributed by atoms with Crippen LogP contribution < -0.4 is 11.4 Å². The highest BCUT2D eigenvalue weighted by Crippen LogP contribution is 2.65. The Morgan fingerprint density at radius 3 is 2.18 bits per heavy atom. The lowest BCUT2D eigenvalue weighted by molar-refractivity contribution is 0.333. The molecule has 0 amide bonds. The first-order valence-electron chi connectivity index (χ1n) is 9.52. The van der Waals surface area contributed by atoms with Gasteiger partial charge in [-0.05, 0) is 30.7 Å². The Labute approximate surface area is 158 Å². The molecule has 0 radical (unpaired) electrons. The van der Waals surface area contributed by atoms with Crippen LogP contribution in [0.1, 0.15) is 41.7 Å². The zero-order valence-corrected chi connectivity index (χ0v) is 14.8. The number of hydrogen-bond acceptors (Lipinski definition) is 4. The molecule has 1 fully saturated rings. The Bertz CT molecular complexity index is 1410. The van der Waals surface area contributed by atoms with Gasteiger partial charge < -0.3 is 0 Å². The van der Waals surface area contributed by atoms with Crippen LogP contribution in [0.2, 0.25) is 0 Å². The number of para-hydroxylation sites is 3. The van der Waals surface area contributed by atoms with Crippen LogP contribution in [0.5, 0.6) is 0 Å². The van der Waals surface area contributed by atoms with E-state index in [1.165, 1.54) is 4.57 Å². The van der Waals surface area contributed by atoms with E-state index in [1.807, 2.05) is 42.5 Å². The molecule has 3 aliphatic rings. The molecule has 28 heavy (non-hydrogen) atoms. The van der Waals surface area contributed by atoms with E-state index in [0.29, 0.717) is 5.69 Å². The summed E-state index contributed by atoms with van der Waals surface area (Å²) in [4.78, 5) is 36.1. The van der Waals surface area contributed by atoms with Gasteiger partial charge in [-0.3, -0.25) is 0 Å². The average molecular weight is 369 g/mol. The van der Waals surface area contributed by atoms with Crippen LogP contribution >= 0.6 is 0 Å². The van der Waals surface area contributed by atoms with E-state index in [-0.39, 0.29) is 35.3 Å². The van der Waals surface area contributed by atoms with E-state index in [2.05, 4.69) is 0 Å². The second-order valence-corrected chi connectivity index (χ2v) is 7.83. The van der Waals surface area contributed by atoms with Crippen LogP contribution in [0.3, 0.4) is 0 Å². The Balaban J connectivity index is 1.46. The zero-order chi connectivity index (χ0) is 18.6. The van der Waals surface area contributed by atoms with Crippen LogP contribution in [0.15, 0.2) is 64.2 Å². The molecule has 4 atom stereocenters. The molecule has 2 aliphatic carbocycles. The van der Waals surface area contributed by atoms with Crippen molar-refractivity contribution in [3.63, 3.8) is 0 Å². The summed E-state index contributed by atoms with van der Waals surface area (Å²) < 4.78 is 4.62. The third-order valence-electron chi connectivity index (χ3n) is 6.60. The summed E-state index contributed by atoms with van der Waals surface area (Å²) >= 11 is 0. The van der Waals surface area contributed by atoms with Gasteiger partial charge in [0.25, 0.3) is 0 Å². The summed E-state index contributed by atoms with van der Waals surface area (Å²) in [6.45, 7) is 0. The van der Waals surface area contributed by atoms with Crippen LogP contribution in [0.25, 0.3) is 16.7 Å². The summed E-state index contributed by atoms with van der Waals surface area (Å²) in [5, 5.41) is 0. The molecule has 7 nitrogen and oxygen atoms in total. The Hall–Kier alpha value is -3.48. The molecule has 7 rings (SSSR count). The molecule has 7 heteroatoms. The molecule has 4 aromatic rings. The average Bonchev–Trinajstić information content (AvgIpc) is 3.42. The molecule has 4 bridgehead atoms. The molecular weight excluding hydrogens is 354 g/mol. The number of aromatic nitrogens is 5. The van der Waals surface area contributed by atoms with Crippen LogP contribution in [-0.2, 0) is 0 Å². The van der Waals surface area contributed by atoms with Crippen molar-refractivity contribution in [2.75, 3.05) is 0 Å². The molecular formula is C21H15N5O2. The van der Waals surface area contributed by atoms with Gasteiger partial charge in [0.2, 0.25) is 0 Å². The smallest absolute Gasteiger partial charge is 0.249 e. The highest BCUT2D eigenvalue weighted by Gasteiger charge is 2.62. The zero-order valence-electron chi connectivity index (χ0n) is 14.8. The summed E-state index contributed by atoms with van der Waals surface area (Å²) in [6, 6.07) is 16.9. The molecule has 1 unspecified atom stereocenters. The lowest BCUT2D eigenvalue weighted by Crippen LogP contribution is -2.31. The molecule has 3 heterocycles. The summed E-state index contributed by atoms with van der Waals surface area (Å²) in [6.07, 6.45) is 0.841. The van der Waals surface area contributed by atoms with Gasteiger partial charge in [0.1, 0.15) is 0 Å². The van der Waals surface area contributed by atoms with Gasteiger partial charge in [-0.1, -0.05) is 30.3 Å². The Morgan fingerprint density at radius 2 is 1.43 bits per heavy atom. The summed E-state index contributed by atoms with van der Waals surface area (Å²) in [7, 11) is 0. The van der Waals surface area contributed by atoms with Gasteiger partial charge >= 0.3 is 11.4 Å². The maximum absolute atomic E-state index is 13.2. The highest BCUT2D eigenvalue weighted by molar-refractivity contribution is 5.75. The topological polar surface area (TPSA) is 74.7 Å². The van der Waals surface area contributed by atoms with E-state index >= 15 is 0 Å². The van der Waals surface area contributed by atoms with E-state index in [0.717, 1.165) is 28.8 Å². The second kappa shape index (κ2) is 4.67. The number of rotatable bonds is 1. The third kappa shape index (κ3) is 1.50. The monoisotopic (exact) mass is 369 g/mol. The van der Waals surface area contributed by atoms with Gasteiger partial charge in [0.05, 0.1) is 40.2 Å². The summed E-state index contributed by atoms with van der Waals surface area (Å²) in [5.41, 5.74) is 3.80. The number of nitrogens with zero attached hydrogens (tertiary/aromatic N) is 5. The van der Waals surface area contributed by atoms with Crippen molar-refractivity contribution in [1.82, 2.24) is 23.9 Å². The first-order chi connectivity index (χ1) is 13.7. The van der Waals surface area contributed by atoms with Gasteiger partial charge in [0.15, 0.2) is 0 Å². The number of benzene rings is 2. The quantitative estimate of drug-likeness (QED) is 0.515. The van der Waals surface area contributed by atoms with Gasteiger partial charge in [-0.25, -0.2) is 33.5 Å². The lowest BCUT2D eigenvalue weighted by Gasteiger charge is -2.24. The maximum Gasteiger partial charge on any atom is 0.352 e. The van der Waals surface area contributed by atoms with Gasteiger partial charge in [-0.2, -0.15) is 0 Å². The minimum absolute atomic E-state index is 0.0249. The van der Waals surface area contributed by atoms with Crippen molar-refractivity contribution in [3.8, 4) is 5.69 Å². The fourth-order valence-electron chi connectivity index (χ4n) is 5.60. The fraction of sp³-hybridized carbons (Fsp3) is 0.238. The van der Waals surface area contributed by atoms with Crippen molar-refractivity contribution in [1.29, 1.82) is 0 Å². The predicted molar refractivity (Wildman–Crippen MR) is 102 cm³/mol. The van der Waals surface area contributed by atoms with Gasteiger partial charge in [-0.15, -0.1) is 0 Å². The van der Waals surface area contributed by atoms with E-state index in [1.54, 1.807) is 21.5 Å². The molecule has 1 saturated carbocycles. The minimum atomic E-state index is -0.268. The van der Waals surface area contributed by atoms with Crippen molar-refractivity contribution in [2.24, 2.45) is 0 Å². The fourth-order valence-corrected chi connectivity index (χ4v) is 5.60. The van der Waals surface area contributed by atoms with E-state index in [4.69, 9.17) is 9.97 Å². The number of fused-ring (bicyclic) bond motifs is 5. The van der Waals surface area contributed by atoms with Crippen LogP contribution in [-0.4, -0.2) is 23.9 Å². The number of hydrogen-bond donors (Lipinski definition) is 0. The Kier molecular flexibility index (Phi) is 2.43. The summed E-state index contributed by atoms with van der Waals surface area (Å²) in [5.74, 6) is 0.203. The maximum atomic E-state index is 13.2. The van der Waals surface area contributed by atoms with Crippen LogP contribution in [0, 0.1) is 0 Å². The SMILES string of the molecule is O=c1n(-c2ccccc2)c(=O)n2n1C1[C@H]3c4nc5ccccc5nc4[C@@H]1C[C@H]32. The predicted octanol–water partition coefficient (Wildman–Crippen LogP) is 2.12. The van der Waals surface area contributed by atoms with E-state index in [9.17, 15) is 9.59 Å². The first-order valence-corrected chi connectivity index (χ1v) is 9.52. The molecule has 2 aromatic heterocycles. The largest absolute Gasteiger partial charge is 0.352 e.